The van der Waals surface area contributed by atoms with Crippen LogP contribution in [0.2, 0.25) is 0 Å². The van der Waals surface area contributed by atoms with Crippen LogP contribution in [0.25, 0.3) is 33.2 Å². The minimum absolute atomic E-state index is 0.162. The van der Waals surface area contributed by atoms with Gasteiger partial charge in [0.15, 0.2) is 0 Å². The van der Waals surface area contributed by atoms with E-state index in [0.717, 1.165) is 80.7 Å². The molecule has 14 nitrogen and oxygen atoms in total. The summed E-state index contributed by atoms with van der Waals surface area (Å²) in [5, 5.41) is 4.83. The molecule has 2 saturated heterocycles. The van der Waals surface area contributed by atoms with Crippen LogP contribution in [0.3, 0.4) is 0 Å². The maximum absolute atomic E-state index is 13.7. The van der Waals surface area contributed by atoms with E-state index < -0.39 is 23.8 Å². The van der Waals surface area contributed by atoms with E-state index >= 15 is 0 Å². The van der Waals surface area contributed by atoms with Gasteiger partial charge in [-0.2, -0.15) is 0 Å². The number of hydrogen-bond donors (Lipinski definition) is 2. The second kappa shape index (κ2) is 15.7. The smallest absolute Gasteiger partial charge is 0.410 e. The Bertz CT molecular complexity index is 2280. The highest BCUT2D eigenvalue weighted by Crippen LogP contribution is 2.45. The van der Waals surface area contributed by atoms with Gasteiger partial charge in [-0.25, -0.2) is 14.6 Å². The van der Waals surface area contributed by atoms with Crippen LogP contribution in [0.15, 0.2) is 53.7 Å². The number of hydrogen-bond acceptors (Lipinski definition) is 10. The summed E-state index contributed by atoms with van der Waals surface area (Å²) in [6.45, 7) is 9.50. The molecule has 0 radical (unpaired) electrons. The van der Waals surface area contributed by atoms with Crippen LogP contribution < -0.4 is 10.1 Å². The number of fused-ring (bicyclic) bond motifs is 6. The number of carbonyl (C=O) groups excluding carboxylic acids is 3. The van der Waals surface area contributed by atoms with Gasteiger partial charge >= 0.3 is 12.2 Å². The fourth-order valence-corrected chi connectivity index (χ4v) is 8.86. The lowest BCUT2D eigenvalue weighted by atomic mass is 9.90. The van der Waals surface area contributed by atoms with Gasteiger partial charge in [-0.15, -0.1) is 0 Å². The first-order chi connectivity index (χ1) is 27.8. The number of likely N-dealkylation sites (tertiary alicyclic amines) is 2. The van der Waals surface area contributed by atoms with Crippen molar-refractivity contribution in [3.05, 3.63) is 65.6 Å². The van der Waals surface area contributed by atoms with Gasteiger partial charge in [0.1, 0.15) is 29.8 Å². The van der Waals surface area contributed by atoms with Crippen molar-refractivity contribution in [2.75, 3.05) is 41.0 Å². The number of H-pyrrole nitrogens is 1. The lowest BCUT2D eigenvalue weighted by Crippen LogP contribution is -2.54. The third-order valence-electron chi connectivity index (χ3n) is 11.7. The van der Waals surface area contributed by atoms with Gasteiger partial charge in [-0.1, -0.05) is 18.2 Å². The van der Waals surface area contributed by atoms with Crippen LogP contribution in [0.4, 0.5) is 15.3 Å². The van der Waals surface area contributed by atoms with E-state index in [4.69, 9.17) is 33.7 Å². The minimum Gasteiger partial charge on any atom is -0.488 e. The van der Waals surface area contributed by atoms with E-state index in [2.05, 4.69) is 52.8 Å². The number of nitrogens with zero attached hydrogens (tertiary/aromatic N) is 4. The molecule has 306 valence electrons. The molecule has 4 aliphatic heterocycles. The number of alkyl carbamates (subject to hydrolysis) is 1. The molecule has 2 fully saturated rings. The van der Waals surface area contributed by atoms with Crippen molar-refractivity contribution in [2.24, 2.45) is 10.9 Å². The first-order valence-electron chi connectivity index (χ1n) is 20.0. The van der Waals surface area contributed by atoms with Crippen LogP contribution in [0, 0.1) is 5.92 Å². The van der Waals surface area contributed by atoms with Crippen molar-refractivity contribution in [1.82, 2.24) is 25.1 Å². The van der Waals surface area contributed by atoms with E-state index in [-0.39, 0.29) is 30.0 Å². The molecule has 1 unspecified atom stereocenters. The van der Waals surface area contributed by atoms with Crippen molar-refractivity contribution in [3.63, 3.8) is 0 Å². The number of nitrogens with one attached hydrogen (secondary N) is 2. The Kier molecular flexibility index (Phi) is 10.7. The average molecular weight is 793 g/mol. The first kappa shape index (κ1) is 39.4. The Morgan fingerprint density at radius 3 is 2.62 bits per heavy atom. The highest BCUT2D eigenvalue weighted by atomic mass is 16.6. The Morgan fingerprint density at radius 1 is 1.03 bits per heavy atom. The average Bonchev–Trinajstić information content (AvgIpc) is 4.04. The van der Waals surface area contributed by atoms with Gasteiger partial charge in [-0.3, -0.25) is 14.7 Å². The van der Waals surface area contributed by atoms with Crippen molar-refractivity contribution < 1.29 is 38.1 Å². The maximum Gasteiger partial charge on any atom is 0.410 e. The van der Waals surface area contributed by atoms with Gasteiger partial charge in [0, 0.05) is 50.9 Å². The second-order valence-electron chi connectivity index (χ2n) is 16.7. The molecule has 4 aromatic rings. The summed E-state index contributed by atoms with van der Waals surface area (Å²) >= 11 is 0. The SMILES string of the molecule is COC[C@H]1C[C@@H](C2=Nc3ccc4cc5c(cc4c3C2)OCc2cc(-c3cnc([C@@H]4CCCN4C(=O)C(NC(=O)OC)[C@@H](C)OC)[nH]3)ccc2-5)N(C(=O)OC(C)(C)C)C1. The van der Waals surface area contributed by atoms with Crippen LogP contribution in [-0.4, -0.2) is 108 Å². The van der Waals surface area contributed by atoms with Crippen LogP contribution in [-0.2, 0) is 36.8 Å². The molecule has 5 heterocycles. The van der Waals surface area contributed by atoms with Gasteiger partial charge in [0.25, 0.3) is 0 Å². The Labute approximate surface area is 338 Å². The van der Waals surface area contributed by atoms with Crippen molar-refractivity contribution in [3.8, 4) is 28.1 Å². The number of rotatable bonds is 9. The van der Waals surface area contributed by atoms with Gasteiger partial charge in [0.05, 0.1) is 49.5 Å². The second-order valence-corrected chi connectivity index (χ2v) is 16.7. The molecule has 0 bridgehead atoms. The normalized spacial score (nSPS) is 20.8. The Balaban J connectivity index is 1.01. The van der Waals surface area contributed by atoms with E-state index in [0.29, 0.717) is 38.5 Å². The first-order valence-corrected chi connectivity index (χ1v) is 20.0. The van der Waals surface area contributed by atoms with Gasteiger partial charge in [0.2, 0.25) is 5.91 Å². The molecule has 5 atom stereocenters. The fourth-order valence-electron chi connectivity index (χ4n) is 8.86. The summed E-state index contributed by atoms with van der Waals surface area (Å²) in [6.07, 6.45) is 3.21. The van der Waals surface area contributed by atoms with Crippen LogP contribution in [0.1, 0.15) is 70.0 Å². The van der Waals surface area contributed by atoms with Crippen LogP contribution in [0.5, 0.6) is 5.75 Å². The zero-order valence-electron chi connectivity index (χ0n) is 34.2. The number of aromatic amines is 1. The number of ether oxygens (including phenoxy) is 5. The summed E-state index contributed by atoms with van der Waals surface area (Å²) in [6, 6.07) is 13.5. The number of carbonyl (C=O) groups is 3. The Morgan fingerprint density at radius 2 is 1.86 bits per heavy atom. The number of aliphatic imine (C=N–C) groups is 1. The lowest BCUT2D eigenvalue weighted by molar-refractivity contribution is -0.137. The number of imidazole rings is 1. The fraction of sp³-hybridized carbons (Fsp3) is 0.477. The number of methoxy groups -OCH3 is 3. The molecule has 14 heteroatoms. The molecule has 4 aliphatic rings. The van der Waals surface area contributed by atoms with Crippen LogP contribution >= 0.6 is 0 Å². The number of amides is 3. The van der Waals surface area contributed by atoms with E-state index in [1.165, 1.54) is 14.2 Å². The molecular formula is C44H52N6O8. The molecule has 0 saturated carbocycles. The predicted molar refractivity (Wildman–Crippen MR) is 218 cm³/mol. The van der Waals surface area contributed by atoms with E-state index in [1.807, 2.05) is 25.7 Å². The largest absolute Gasteiger partial charge is 0.488 e. The molecule has 2 N–H and O–H groups in total. The van der Waals surface area contributed by atoms with Crippen molar-refractivity contribution in [2.45, 2.75) is 89.8 Å². The van der Waals surface area contributed by atoms with E-state index in [9.17, 15) is 14.4 Å². The lowest BCUT2D eigenvalue weighted by Gasteiger charge is -2.30. The third-order valence-corrected chi connectivity index (χ3v) is 11.7. The highest BCUT2D eigenvalue weighted by molar-refractivity contribution is 6.06. The molecule has 58 heavy (non-hydrogen) atoms. The molecule has 1 aromatic heterocycles. The molecule has 0 spiro atoms. The van der Waals surface area contributed by atoms with Gasteiger partial charge < -0.3 is 38.9 Å². The summed E-state index contributed by atoms with van der Waals surface area (Å²) in [4.78, 5) is 56.0. The summed E-state index contributed by atoms with van der Waals surface area (Å²) in [5.41, 5.74) is 7.43. The molecule has 8 rings (SSSR count). The predicted octanol–water partition coefficient (Wildman–Crippen LogP) is 7.11. The zero-order chi connectivity index (χ0) is 40.9. The topological polar surface area (TPSA) is 157 Å². The standard InChI is InChI=1S/C44H52N6O8/c1-24(55-6)39(48-42(52)56-7)41(51)49-14-8-9-36(49)40-45-20-35(47-40)27-10-12-29-28(16-27)23-57-38-19-30-26(17-32(29)38)11-13-33-31(30)18-34(46-33)37-15-25(22-54-5)21-50(37)43(53)58-44(2,3)4/h10-13,16-17,19-20,24-25,36-37,39H,8-9,14-15,18,21-23H2,1-7H3,(H,45,47)(H,48,52)/t24-,25+,36+,37+,39?/m1/s1. The summed E-state index contributed by atoms with van der Waals surface area (Å²) in [5.74, 6) is 1.47. The Hall–Kier alpha value is -5.47. The molecule has 0 aliphatic carbocycles. The highest BCUT2D eigenvalue weighted by Gasteiger charge is 2.42. The summed E-state index contributed by atoms with van der Waals surface area (Å²) in [7, 11) is 4.46. The number of benzene rings is 3. The summed E-state index contributed by atoms with van der Waals surface area (Å²) < 4.78 is 27.9. The number of aromatic nitrogens is 2. The minimum atomic E-state index is -0.900. The zero-order valence-corrected chi connectivity index (χ0v) is 34.2. The maximum atomic E-state index is 13.7. The molecular weight excluding hydrogens is 741 g/mol. The van der Waals surface area contributed by atoms with Crippen molar-refractivity contribution >= 4 is 40.3 Å². The third kappa shape index (κ3) is 7.50. The van der Waals surface area contributed by atoms with E-state index in [1.54, 1.807) is 25.1 Å². The molecule has 3 amide bonds. The monoisotopic (exact) mass is 792 g/mol. The quantitative estimate of drug-likeness (QED) is 0.180. The van der Waals surface area contributed by atoms with Crippen molar-refractivity contribution in [1.29, 1.82) is 0 Å². The van der Waals surface area contributed by atoms with Gasteiger partial charge in [-0.05, 0) is 104 Å². The molecule has 3 aromatic carbocycles.